The molecule has 0 spiro atoms. The van der Waals surface area contributed by atoms with E-state index in [0.29, 0.717) is 18.2 Å². The van der Waals surface area contributed by atoms with E-state index in [1.54, 1.807) is 12.5 Å². The van der Waals surface area contributed by atoms with Gasteiger partial charge in [-0.05, 0) is 46.7 Å². The number of nitrogens with one attached hydrogen (secondary N) is 1. The van der Waals surface area contributed by atoms with Crippen molar-refractivity contribution in [3.8, 4) is 5.75 Å². The van der Waals surface area contributed by atoms with Crippen LogP contribution < -0.4 is 20.7 Å². The lowest BCUT2D eigenvalue weighted by molar-refractivity contribution is 0.304. The van der Waals surface area contributed by atoms with E-state index >= 15 is 0 Å². The normalized spacial score (nSPS) is 13.7. The van der Waals surface area contributed by atoms with E-state index in [2.05, 4.69) is 60.6 Å². The quantitative estimate of drug-likeness (QED) is 0.328. The molecule has 1 unspecified atom stereocenters. The number of hydrogen-bond acceptors (Lipinski definition) is 8. The molecule has 3 aromatic heterocycles. The lowest BCUT2D eigenvalue weighted by Gasteiger charge is -2.31. The van der Waals surface area contributed by atoms with Crippen LogP contribution in [0.25, 0.3) is 10.8 Å². The molecule has 186 valence electrons. The minimum Gasteiger partial charge on any atom is -0.485 e. The molecule has 3 N–H and O–H groups in total. The smallest absolute Gasteiger partial charge is 0.204 e. The van der Waals surface area contributed by atoms with Crippen molar-refractivity contribution >= 4 is 22.4 Å². The van der Waals surface area contributed by atoms with Gasteiger partial charge in [0, 0.05) is 30.5 Å². The van der Waals surface area contributed by atoms with Crippen LogP contribution in [-0.4, -0.2) is 37.9 Å². The van der Waals surface area contributed by atoms with Crippen molar-refractivity contribution in [1.82, 2.24) is 24.7 Å². The van der Waals surface area contributed by atoms with Crippen LogP contribution in [0.1, 0.15) is 28.4 Å². The first-order valence-corrected chi connectivity index (χ1v) is 12.3. The second-order valence-corrected chi connectivity index (χ2v) is 9.28. The summed E-state index contributed by atoms with van der Waals surface area (Å²) in [6, 6.07) is 16.7. The fourth-order valence-electron chi connectivity index (χ4n) is 4.58. The summed E-state index contributed by atoms with van der Waals surface area (Å²) in [7, 11) is 0. The molecule has 2 aromatic carbocycles. The maximum absolute atomic E-state index is 6.52. The van der Waals surface area contributed by atoms with Crippen molar-refractivity contribution in [1.29, 1.82) is 0 Å². The predicted molar refractivity (Wildman–Crippen MR) is 143 cm³/mol. The van der Waals surface area contributed by atoms with Gasteiger partial charge in [-0.3, -0.25) is 9.67 Å². The van der Waals surface area contributed by atoms with Gasteiger partial charge < -0.3 is 20.7 Å². The monoisotopic (exact) mass is 492 g/mol. The molecule has 37 heavy (non-hydrogen) atoms. The van der Waals surface area contributed by atoms with Gasteiger partial charge in [0.1, 0.15) is 19.1 Å². The van der Waals surface area contributed by atoms with Gasteiger partial charge in [-0.1, -0.05) is 36.4 Å². The molecule has 9 nitrogen and oxygen atoms in total. The zero-order valence-electron chi connectivity index (χ0n) is 20.6. The Morgan fingerprint density at radius 3 is 2.65 bits per heavy atom. The molecular weight excluding hydrogens is 464 g/mol. The largest absolute Gasteiger partial charge is 0.485 e. The number of ether oxygens (including phenoxy) is 1. The third-order valence-electron chi connectivity index (χ3n) is 6.51. The summed E-state index contributed by atoms with van der Waals surface area (Å²) in [4.78, 5) is 15.4. The summed E-state index contributed by atoms with van der Waals surface area (Å²) in [5.74, 6) is 1.97. The summed E-state index contributed by atoms with van der Waals surface area (Å²) in [5, 5.41) is 9.85. The van der Waals surface area contributed by atoms with Crippen molar-refractivity contribution in [3.05, 3.63) is 102 Å². The summed E-state index contributed by atoms with van der Waals surface area (Å²) in [6.45, 7) is 4.81. The van der Waals surface area contributed by atoms with Crippen molar-refractivity contribution in [2.24, 2.45) is 5.73 Å². The first-order chi connectivity index (χ1) is 18.1. The lowest BCUT2D eigenvalue weighted by Crippen LogP contribution is -2.34. The number of fused-ring (bicyclic) bond motifs is 2. The van der Waals surface area contributed by atoms with Gasteiger partial charge in [0.15, 0.2) is 11.6 Å². The van der Waals surface area contributed by atoms with Crippen LogP contribution in [0, 0.1) is 6.92 Å². The molecule has 5 aromatic rings. The molecule has 0 saturated heterocycles. The van der Waals surface area contributed by atoms with Crippen LogP contribution in [0.3, 0.4) is 0 Å². The van der Waals surface area contributed by atoms with Crippen molar-refractivity contribution in [3.63, 3.8) is 0 Å². The lowest BCUT2D eigenvalue weighted by atomic mass is 10.1. The highest BCUT2D eigenvalue weighted by molar-refractivity contribution is 5.82. The summed E-state index contributed by atoms with van der Waals surface area (Å²) in [6.07, 6.45) is 8.64. The molecule has 1 atom stereocenters. The topological polar surface area (TPSA) is 107 Å². The van der Waals surface area contributed by atoms with Gasteiger partial charge in [0.05, 0.1) is 19.3 Å². The first-order valence-electron chi connectivity index (χ1n) is 12.3. The van der Waals surface area contributed by atoms with Crippen LogP contribution in [0.4, 0.5) is 11.6 Å². The van der Waals surface area contributed by atoms with E-state index in [-0.39, 0.29) is 0 Å². The van der Waals surface area contributed by atoms with Gasteiger partial charge in [-0.2, -0.15) is 5.10 Å². The number of benzene rings is 2. The van der Waals surface area contributed by atoms with Gasteiger partial charge in [0.2, 0.25) is 5.75 Å². The maximum atomic E-state index is 6.52. The van der Waals surface area contributed by atoms with Crippen molar-refractivity contribution in [2.75, 3.05) is 23.4 Å². The van der Waals surface area contributed by atoms with E-state index in [4.69, 9.17) is 10.5 Å². The summed E-state index contributed by atoms with van der Waals surface area (Å²) >= 11 is 0. The molecule has 0 amide bonds. The number of aryl methyl sites for hydroxylation is 1. The Hall–Kier alpha value is -4.50. The maximum Gasteiger partial charge on any atom is 0.204 e. The number of hydrogen-bond donors (Lipinski definition) is 2. The molecule has 0 fully saturated rings. The molecule has 4 heterocycles. The molecule has 1 aliphatic heterocycles. The molecule has 0 aliphatic carbocycles. The van der Waals surface area contributed by atoms with Crippen molar-refractivity contribution in [2.45, 2.75) is 26.2 Å². The van der Waals surface area contributed by atoms with Crippen LogP contribution in [0.15, 0.2) is 79.6 Å². The average Bonchev–Trinajstić information content (AvgIpc) is 3.34. The molecule has 6 rings (SSSR count). The second kappa shape index (κ2) is 9.87. The highest BCUT2D eigenvalue weighted by atomic mass is 16.5. The molecule has 1 aliphatic rings. The van der Waals surface area contributed by atoms with Crippen LogP contribution in [-0.2, 0) is 13.1 Å². The summed E-state index contributed by atoms with van der Waals surface area (Å²) in [5.41, 5.74) is 11.0. The van der Waals surface area contributed by atoms with E-state index in [1.807, 2.05) is 48.4 Å². The number of anilines is 2. The Morgan fingerprint density at radius 2 is 1.84 bits per heavy atom. The Morgan fingerprint density at radius 1 is 1.00 bits per heavy atom. The Kier molecular flexibility index (Phi) is 6.11. The molecular formula is C28H28N8O. The zero-order chi connectivity index (χ0) is 25.2. The van der Waals surface area contributed by atoms with E-state index in [9.17, 15) is 0 Å². The summed E-state index contributed by atoms with van der Waals surface area (Å²) < 4.78 is 7.97. The molecule has 0 radical (unpaired) electrons. The molecule has 9 heteroatoms. The average molecular weight is 493 g/mol. The zero-order valence-corrected chi connectivity index (χ0v) is 20.6. The number of pyridine rings is 1. The van der Waals surface area contributed by atoms with Crippen molar-refractivity contribution < 1.29 is 4.74 Å². The predicted octanol–water partition coefficient (Wildman–Crippen LogP) is 4.05. The molecule has 0 saturated carbocycles. The van der Waals surface area contributed by atoms with E-state index in [1.165, 1.54) is 11.1 Å². The van der Waals surface area contributed by atoms with Crippen LogP contribution in [0.5, 0.6) is 5.75 Å². The number of rotatable bonds is 7. The van der Waals surface area contributed by atoms with E-state index in [0.717, 1.165) is 47.4 Å². The Labute approximate surface area is 214 Å². The van der Waals surface area contributed by atoms with Gasteiger partial charge in [-0.25, -0.2) is 9.97 Å². The van der Waals surface area contributed by atoms with Gasteiger partial charge in [-0.15, -0.1) is 0 Å². The third kappa shape index (κ3) is 4.94. The third-order valence-corrected chi connectivity index (χ3v) is 6.51. The van der Waals surface area contributed by atoms with E-state index < -0.39 is 6.17 Å². The highest BCUT2D eigenvalue weighted by Gasteiger charge is 2.24. The Balaban J connectivity index is 1.17. The number of nitrogens with two attached hydrogens (primary N) is 1. The minimum atomic E-state index is -0.457. The van der Waals surface area contributed by atoms with Gasteiger partial charge >= 0.3 is 0 Å². The number of aromatic nitrogens is 5. The number of nitrogens with zero attached hydrogens (tertiary/aromatic N) is 6. The highest BCUT2D eigenvalue weighted by Crippen LogP contribution is 2.36. The fraction of sp³-hybridized carbons (Fsp3) is 0.214. The Bertz CT molecular complexity index is 1530. The van der Waals surface area contributed by atoms with Gasteiger partial charge in [0.25, 0.3) is 0 Å². The standard InChI is InChI=1S/C28H28N8O/c1-19-13-33-36(15-19)17-21-4-2-20(3-5-21)16-35-10-11-37-25-27(31-18-32-28(25)35)34-26(29)23-6-7-24-14-30-9-8-22(24)12-23/h2-9,12-15,18,26H,10-11,16-17,29H2,1H3,(H,31,32,34). The van der Waals surface area contributed by atoms with Crippen LogP contribution >= 0.6 is 0 Å². The first kappa shape index (κ1) is 22.9. The fourth-order valence-corrected chi connectivity index (χ4v) is 4.58. The minimum absolute atomic E-state index is 0.457. The molecule has 0 bridgehead atoms. The second-order valence-electron chi connectivity index (χ2n) is 9.28. The van der Waals surface area contributed by atoms with Crippen LogP contribution in [0.2, 0.25) is 0 Å². The SMILES string of the molecule is Cc1cnn(Cc2ccc(CN3CCOc4c(NC(N)c5ccc6cnccc6c5)ncnc43)cc2)c1.